The van der Waals surface area contributed by atoms with Crippen molar-refractivity contribution < 1.29 is 28.6 Å². The van der Waals surface area contributed by atoms with E-state index in [9.17, 15) is 14.4 Å². The van der Waals surface area contributed by atoms with Gasteiger partial charge in [0.1, 0.15) is 13.2 Å². The summed E-state index contributed by atoms with van der Waals surface area (Å²) < 4.78 is 17.0. The third kappa shape index (κ3) is 67.5. The number of carbonyl (C=O) groups is 3. The summed E-state index contributed by atoms with van der Waals surface area (Å²) in [5.41, 5.74) is 0. The molecule has 0 rings (SSSR count). The summed E-state index contributed by atoms with van der Waals surface area (Å²) in [5.74, 6) is -0.875. The molecule has 81 heavy (non-hydrogen) atoms. The minimum atomic E-state index is -0.785. The molecule has 0 saturated heterocycles. The van der Waals surface area contributed by atoms with Crippen LogP contribution in [-0.2, 0) is 28.6 Å². The molecule has 0 heterocycles. The van der Waals surface area contributed by atoms with Gasteiger partial charge in [-0.2, -0.15) is 0 Å². The summed E-state index contributed by atoms with van der Waals surface area (Å²) in [5, 5.41) is 0. The second kappa shape index (κ2) is 69.3. The summed E-state index contributed by atoms with van der Waals surface area (Å²) in [7, 11) is 0. The molecule has 0 N–H and O–H groups in total. The van der Waals surface area contributed by atoms with E-state index in [1.165, 1.54) is 231 Å². The summed E-state index contributed by atoms with van der Waals surface area (Å²) >= 11 is 0. The van der Waals surface area contributed by atoms with Gasteiger partial charge in [-0.05, 0) is 89.9 Å². The van der Waals surface area contributed by atoms with Gasteiger partial charge < -0.3 is 14.2 Å². The molecule has 0 spiro atoms. The molecule has 6 nitrogen and oxygen atoms in total. The number of unbranched alkanes of at least 4 members (excludes halogenated alkanes) is 42. The molecule has 0 bridgehead atoms. The zero-order valence-electron chi connectivity index (χ0n) is 54.1. The van der Waals surface area contributed by atoms with Crippen molar-refractivity contribution >= 4 is 17.9 Å². The Bertz CT molecular complexity index is 1490. The number of hydrogen-bond acceptors (Lipinski definition) is 6. The van der Waals surface area contributed by atoms with Crippen LogP contribution in [0.5, 0.6) is 0 Å². The van der Waals surface area contributed by atoms with E-state index in [-0.39, 0.29) is 31.1 Å². The molecule has 6 heteroatoms. The van der Waals surface area contributed by atoms with Gasteiger partial charge in [-0.25, -0.2) is 0 Å². The Hall–Kier alpha value is -3.15. The molecule has 1 unspecified atom stereocenters. The third-order valence-corrected chi connectivity index (χ3v) is 15.7. The lowest BCUT2D eigenvalue weighted by atomic mass is 10.0. The van der Waals surface area contributed by atoms with Crippen LogP contribution in [0.15, 0.2) is 72.9 Å². The van der Waals surface area contributed by atoms with Gasteiger partial charge in [0.25, 0.3) is 0 Å². The molecule has 1 atom stereocenters. The quantitative estimate of drug-likeness (QED) is 0.0261. The average molecular weight is 1130 g/mol. The van der Waals surface area contributed by atoms with Gasteiger partial charge in [0, 0.05) is 19.3 Å². The maximum Gasteiger partial charge on any atom is 0.306 e. The summed E-state index contributed by atoms with van der Waals surface area (Å²) in [4.78, 5) is 38.5. The Morgan fingerprint density at radius 3 is 0.753 bits per heavy atom. The van der Waals surface area contributed by atoms with Crippen LogP contribution in [0, 0.1) is 0 Å². The number of ether oxygens (including phenoxy) is 3. The molecule has 470 valence electrons. The van der Waals surface area contributed by atoms with Crippen LogP contribution in [0.3, 0.4) is 0 Å². The first-order chi connectivity index (χ1) is 40.0. The van der Waals surface area contributed by atoms with Crippen LogP contribution < -0.4 is 0 Å². The summed E-state index contributed by atoms with van der Waals surface area (Å²) in [6.07, 6.45) is 90.6. The third-order valence-electron chi connectivity index (χ3n) is 15.7. The Labute approximate surface area is 503 Å². The number of esters is 3. The highest BCUT2D eigenvalue weighted by molar-refractivity contribution is 5.71. The maximum absolute atomic E-state index is 13.0. The van der Waals surface area contributed by atoms with E-state index in [1.807, 2.05) is 0 Å². The Kier molecular flexibility index (Phi) is 66.6. The Morgan fingerprint density at radius 2 is 0.481 bits per heavy atom. The van der Waals surface area contributed by atoms with Crippen molar-refractivity contribution in [2.45, 2.75) is 374 Å². The molecular weight excluding hydrogens is 997 g/mol. The number of hydrogen-bond donors (Lipinski definition) is 0. The van der Waals surface area contributed by atoms with Crippen molar-refractivity contribution in [1.29, 1.82) is 0 Å². The molecule has 0 amide bonds. The molecule has 0 aromatic rings. The number of rotatable bonds is 65. The van der Waals surface area contributed by atoms with Gasteiger partial charge in [-0.1, -0.05) is 331 Å². The van der Waals surface area contributed by atoms with Crippen LogP contribution in [0.25, 0.3) is 0 Å². The van der Waals surface area contributed by atoms with Gasteiger partial charge >= 0.3 is 17.9 Å². The summed E-state index contributed by atoms with van der Waals surface area (Å²) in [6.45, 7) is 6.56. The molecule has 0 radical (unpaired) electrons. The normalized spacial score (nSPS) is 12.5. The molecule has 0 aliphatic carbocycles. The highest BCUT2D eigenvalue weighted by Gasteiger charge is 2.19. The molecular formula is C75H134O6. The van der Waals surface area contributed by atoms with Gasteiger partial charge in [0.05, 0.1) is 0 Å². The fraction of sp³-hybridized carbons (Fsp3) is 0.800. The Balaban J connectivity index is 4.36. The molecule has 0 aliphatic rings. The van der Waals surface area contributed by atoms with Crippen LogP contribution in [0.4, 0.5) is 0 Å². The first kappa shape index (κ1) is 77.9. The summed E-state index contributed by atoms with van der Waals surface area (Å²) in [6, 6.07) is 0. The highest BCUT2D eigenvalue weighted by atomic mass is 16.6. The highest BCUT2D eigenvalue weighted by Crippen LogP contribution is 2.18. The Morgan fingerprint density at radius 1 is 0.259 bits per heavy atom. The fourth-order valence-electron chi connectivity index (χ4n) is 10.4. The predicted molar refractivity (Wildman–Crippen MR) is 353 cm³/mol. The van der Waals surface area contributed by atoms with Gasteiger partial charge in [-0.3, -0.25) is 14.4 Å². The van der Waals surface area contributed by atoms with Gasteiger partial charge in [0.2, 0.25) is 0 Å². The van der Waals surface area contributed by atoms with Crippen molar-refractivity contribution in [2.75, 3.05) is 13.2 Å². The van der Waals surface area contributed by atoms with Crippen LogP contribution in [0.1, 0.15) is 367 Å². The van der Waals surface area contributed by atoms with E-state index in [0.29, 0.717) is 19.3 Å². The topological polar surface area (TPSA) is 78.9 Å². The van der Waals surface area contributed by atoms with E-state index in [4.69, 9.17) is 14.2 Å². The fourth-order valence-corrected chi connectivity index (χ4v) is 10.4. The number of carbonyl (C=O) groups excluding carboxylic acids is 3. The molecule has 0 aromatic heterocycles. The van der Waals surface area contributed by atoms with Crippen LogP contribution >= 0.6 is 0 Å². The van der Waals surface area contributed by atoms with Crippen molar-refractivity contribution in [2.24, 2.45) is 0 Å². The largest absolute Gasteiger partial charge is 0.462 e. The van der Waals surface area contributed by atoms with E-state index in [1.54, 1.807) is 0 Å². The van der Waals surface area contributed by atoms with Gasteiger partial charge in [0.15, 0.2) is 6.10 Å². The average Bonchev–Trinajstić information content (AvgIpc) is 3.47. The smallest absolute Gasteiger partial charge is 0.306 e. The minimum absolute atomic E-state index is 0.0783. The molecule has 0 aromatic carbocycles. The lowest BCUT2D eigenvalue weighted by molar-refractivity contribution is -0.167. The monoisotopic (exact) mass is 1130 g/mol. The lowest BCUT2D eigenvalue weighted by Crippen LogP contribution is -2.30. The van der Waals surface area contributed by atoms with Crippen LogP contribution in [0.2, 0.25) is 0 Å². The minimum Gasteiger partial charge on any atom is -0.462 e. The van der Waals surface area contributed by atoms with E-state index >= 15 is 0 Å². The second-order valence-corrected chi connectivity index (χ2v) is 23.8. The zero-order valence-corrected chi connectivity index (χ0v) is 54.1. The predicted octanol–water partition coefficient (Wildman–Crippen LogP) is 24.4. The van der Waals surface area contributed by atoms with Gasteiger partial charge in [-0.15, -0.1) is 0 Å². The van der Waals surface area contributed by atoms with Crippen LogP contribution in [-0.4, -0.2) is 37.2 Å². The zero-order chi connectivity index (χ0) is 58.5. The standard InChI is InChI=1S/C75H134O6/c1-4-7-10-13-16-19-22-25-28-31-34-36-37-39-41-44-47-50-53-56-59-62-65-68-74(77)80-71-72(70-79-73(76)67-64-61-58-55-52-49-46-43-40-33-30-27-24-21-18-15-12-9-6-3)81-75(78)69-66-63-60-57-54-51-48-45-42-38-35-32-29-26-23-20-17-14-11-8-5-2/h9,12,18,21,23,26-27,30,32,35,40,43,72H,4-8,10-11,13-17,19-20,22,24-25,28-29,31,33-34,36-39,41-42,44-71H2,1-3H3/b12-9-,21-18-,26-23-,30-27-,35-32-,43-40-. The number of allylic oxidation sites excluding steroid dienone is 12. The first-order valence-electron chi connectivity index (χ1n) is 35.4. The van der Waals surface area contributed by atoms with E-state index < -0.39 is 6.10 Å². The van der Waals surface area contributed by atoms with Crippen molar-refractivity contribution in [3.8, 4) is 0 Å². The molecule has 0 aliphatic heterocycles. The van der Waals surface area contributed by atoms with Crippen molar-refractivity contribution in [1.82, 2.24) is 0 Å². The van der Waals surface area contributed by atoms with E-state index in [2.05, 4.69) is 93.7 Å². The van der Waals surface area contributed by atoms with Crippen molar-refractivity contribution in [3.05, 3.63) is 72.9 Å². The molecule has 0 fully saturated rings. The molecule has 0 saturated carbocycles. The van der Waals surface area contributed by atoms with E-state index in [0.717, 1.165) is 96.3 Å². The lowest BCUT2D eigenvalue weighted by Gasteiger charge is -2.18. The SMILES string of the molecule is CC/C=C\C/C=C\C/C=C\C/C=C\CCCCCCCCC(=O)OCC(COC(=O)CCCCCCCCCCCCCCCCCCCCCCCCC)OC(=O)CCCCCCCCCCC/C=C\C/C=C\CCCCCCC. The first-order valence-corrected chi connectivity index (χ1v) is 35.4. The van der Waals surface area contributed by atoms with Crippen molar-refractivity contribution in [3.63, 3.8) is 0 Å². The maximum atomic E-state index is 13.0. The second-order valence-electron chi connectivity index (χ2n) is 23.8.